The van der Waals surface area contributed by atoms with E-state index in [4.69, 9.17) is 11.6 Å². The van der Waals surface area contributed by atoms with Gasteiger partial charge in [-0.05, 0) is 31.5 Å². The topological polar surface area (TPSA) is 12.0 Å². The second-order valence-corrected chi connectivity index (χ2v) is 5.80. The van der Waals surface area contributed by atoms with Gasteiger partial charge in [-0.1, -0.05) is 23.7 Å². The van der Waals surface area contributed by atoms with Crippen molar-refractivity contribution in [3.05, 3.63) is 34.9 Å². The van der Waals surface area contributed by atoms with Crippen molar-refractivity contribution >= 4 is 23.4 Å². The molecule has 0 aliphatic carbocycles. The van der Waals surface area contributed by atoms with Gasteiger partial charge in [-0.3, -0.25) is 5.32 Å². The van der Waals surface area contributed by atoms with E-state index in [1.54, 1.807) is 0 Å². The Balaban J connectivity index is 2.17. The first kappa shape index (κ1) is 10.3. The van der Waals surface area contributed by atoms with Crippen molar-refractivity contribution in [2.45, 2.75) is 24.8 Å². The van der Waals surface area contributed by atoms with Gasteiger partial charge in [0, 0.05) is 16.3 Å². The molecule has 3 heteroatoms. The molecule has 1 nitrogen and oxygen atoms in total. The highest BCUT2D eigenvalue weighted by molar-refractivity contribution is 7.99. The Morgan fingerprint density at radius 3 is 2.86 bits per heavy atom. The van der Waals surface area contributed by atoms with Crippen LogP contribution in [0, 0.1) is 0 Å². The van der Waals surface area contributed by atoms with Crippen LogP contribution >= 0.6 is 23.4 Å². The molecule has 76 valence electrons. The lowest BCUT2D eigenvalue weighted by Gasteiger charge is -2.19. The number of thioether (sulfide) groups is 1. The maximum absolute atomic E-state index is 5.96. The summed E-state index contributed by atoms with van der Waals surface area (Å²) in [6, 6.07) is 8.08. The van der Waals surface area contributed by atoms with Gasteiger partial charge in [-0.15, -0.1) is 11.8 Å². The summed E-state index contributed by atoms with van der Waals surface area (Å²) in [6.07, 6.45) is 0. The average molecular weight is 228 g/mol. The summed E-state index contributed by atoms with van der Waals surface area (Å²) in [7, 11) is 0. The molecule has 1 N–H and O–H groups in total. The van der Waals surface area contributed by atoms with Crippen LogP contribution in [0.3, 0.4) is 0 Å². The molecule has 0 aromatic heterocycles. The third kappa shape index (κ3) is 2.25. The van der Waals surface area contributed by atoms with Crippen molar-refractivity contribution in [2.75, 3.05) is 5.75 Å². The van der Waals surface area contributed by atoms with Crippen LogP contribution in [0.4, 0.5) is 0 Å². The van der Waals surface area contributed by atoms with Crippen molar-refractivity contribution in [2.24, 2.45) is 0 Å². The van der Waals surface area contributed by atoms with Crippen LogP contribution in [-0.2, 0) is 0 Å². The second-order valence-electron chi connectivity index (χ2n) is 4.27. The number of benzene rings is 1. The Labute approximate surface area is 94.2 Å². The molecule has 1 heterocycles. The highest BCUT2D eigenvalue weighted by atomic mass is 35.5. The third-order valence-corrected chi connectivity index (χ3v) is 4.13. The van der Waals surface area contributed by atoms with E-state index in [1.807, 2.05) is 30.0 Å². The van der Waals surface area contributed by atoms with Gasteiger partial charge in [-0.2, -0.15) is 0 Å². The van der Waals surface area contributed by atoms with E-state index >= 15 is 0 Å². The van der Waals surface area contributed by atoms with E-state index in [-0.39, 0.29) is 5.54 Å². The molecule has 1 aromatic rings. The summed E-state index contributed by atoms with van der Waals surface area (Å²) in [6.45, 7) is 4.45. The van der Waals surface area contributed by atoms with Crippen LogP contribution in [0.1, 0.15) is 24.8 Å². The number of nitrogens with one attached hydrogen (secondary N) is 1. The molecular formula is C11H14ClNS. The van der Waals surface area contributed by atoms with Gasteiger partial charge in [0.25, 0.3) is 0 Å². The second kappa shape index (κ2) is 3.76. The molecule has 1 saturated heterocycles. The molecule has 0 saturated carbocycles. The molecule has 1 unspecified atom stereocenters. The number of rotatable bonds is 1. The van der Waals surface area contributed by atoms with E-state index in [0.29, 0.717) is 5.37 Å². The molecule has 2 rings (SSSR count). The van der Waals surface area contributed by atoms with E-state index in [0.717, 1.165) is 10.8 Å². The predicted molar refractivity (Wildman–Crippen MR) is 63.9 cm³/mol. The van der Waals surface area contributed by atoms with E-state index in [9.17, 15) is 0 Å². The minimum absolute atomic E-state index is 0.234. The molecular weight excluding hydrogens is 214 g/mol. The smallest absolute Gasteiger partial charge is 0.0794 e. The summed E-state index contributed by atoms with van der Waals surface area (Å²) in [5.74, 6) is 1.14. The molecule has 0 spiro atoms. The van der Waals surface area contributed by atoms with Gasteiger partial charge in [0.15, 0.2) is 0 Å². The molecule has 1 atom stereocenters. The Kier molecular flexibility index (Phi) is 2.78. The van der Waals surface area contributed by atoms with Crippen molar-refractivity contribution in [3.63, 3.8) is 0 Å². The molecule has 1 aliphatic heterocycles. The number of hydrogen-bond acceptors (Lipinski definition) is 2. The van der Waals surface area contributed by atoms with Crippen LogP contribution in [0.2, 0.25) is 5.02 Å². The summed E-state index contributed by atoms with van der Waals surface area (Å²) in [5.41, 5.74) is 1.51. The van der Waals surface area contributed by atoms with Crippen LogP contribution in [0.25, 0.3) is 0 Å². The molecule has 1 aromatic carbocycles. The number of hydrogen-bond donors (Lipinski definition) is 1. The largest absolute Gasteiger partial charge is 0.296 e. The summed E-state index contributed by atoms with van der Waals surface area (Å²) < 4.78 is 0. The maximum Gasteiger partial charge on any atom is 0.0794 e. The molecule has 1 fully saturated rings. The van der Waals surface area contributed by atoms with Crippen molar-refractivity contribution in [1.82, 2.24) is 5.32 Å². The predicted octanol–water partition coefficient (Wildman–Crippen LogP) is 3.45. The standard InChI is InChI=1S/C11H14ClNS/c1-11(2)7-14-10(13-11)8-4-3-5-9(12)6-8/h3-6,10,13H,7H2,1-2H3. The minimum Gasteiger partial charge on any atom is -0.296 e. The SMILES string of the molecule is CC1(C)CSC(c2cccc(Cl)c2)N1. The Bertz CT molecular complexity index is 338. The van der Waals surface area contributed by atoms with E-state index < -0.39 is 0 Å². The summed E-state index contributed by atoms with van der Waals surface area (Å²) in [5, 5.41) is 4.78. The van der Waals surface area contributed by atoms with Gasteiger partial charge in [-0.25, -0.2) is 0 Å². The summed E-state index contributed by atoms with van der Waals surface area (Å²) in [4.78, 5) is 0. The van der Waals surface area contributed by atoms with Gasteiger partial charge in [0.05, 0.1) is 5.37 Å². The van der Waals surface area contributed by atoms with Crippen LogP contribution < -0.4 is 5.32 Å². The van der Waals surface area contributed by atoms with Crippen LogP contribution in [-0.4, -0.2) is 11.3 Å². The highest BCUT2D eigenvalue weighted by Gasteiger charge is 2.31. The zero-order chi connectivity index (χ0) is 10.2. The lowest BCUT2D eigenvalue weighted by molar-refractivity contribution is 0.452. The average Bonchev–Trinajstić information content (AvgIpc) is 2.46. The molecule has 14 heavy (non-hydrogen) atoms. The molecule has 0 bridgehead atoms. The summed E-state index contributed by atoms with van der Waals surface area (Å²) >= 11 is 7.90. The minimum atomic E-state index is 0.234. The fourth-order valence-corrected chi connectivity index (χ4v) is 3.19. The van der Waals surface area contributed by atoms with Gasteiger partial charge < -0.3 is 0 Å². The van der Waals surface area contributed by atoms with Crippen LogP contribution in [0.15, 0.2) is 24.3 Å². The number of halogens is 1. The molecule has 0 amide bonds. The van der Waals surface area contributed by atoms with Crippen molar-refractivity contribution in [1.29, 1.82) is 0 Å². The van der Waals surface area contributed by atoms with Crippen molar-refractivity contribution < 1.29 is 0 Å². The molecule has 1 aliphatic rings. The maximum atomic E-state index is 5.96. The van der Waals surface area contributed by atoms with Gasteiger partial charge in [0.1, 0.15) is 0 Å². The first-order valence-corrected chi connectivity index (χ1v) is 6.14. The lowest BCUT2D eigenvalue weighted by Crippen LogP contribution is -2.35. The quantitative estimate of drug-likeness (QED) is 0.789. The normalized spacial score (nSPS) is 25.2. The zero-order valence-electron chi connectivity index (χ0n) is 8.38. The fourth-order valence-electron chi connectivity index (χ4n) is 1.58. The monoisotopic (exact) mass is 227 g/mol. The Morgan fingerprint density at radius 2 is 2.29 bits per heavy atom. The van der Waals surface area contributed by atoms with E-state index in [1.165, 1.54) is 5.56 Å². The van der Waals surface area contributed by atoms with Crippen LogP contribution in [0.5, 0.6) is 0 Å². The van der Waals surface area contributed by atoms with Crippen molar-refractivity contribution in [3.8, 4) is 0 Å². The first-order chi connectivity index (χ1) is 6.57. The van der Waals surface area contributed by atoms with E-state index in [2.05, 4.69) is 25.2 Å². The molecule has 0 radical (unpaired) electrons. The Morgan fingerprint density at radius 1 is 1.50 bits per heavy atom. The zero-order valence-corrected chi connectivity index (χ0v) is 9.95. The highest BCUT2D eigenvalue weighted by Crippen LogP contribution is 2.37. The lowest BCUT2D eigenvalue weighted by atomic mass is 10.1. The van der Waals surface area contributed by atoms with Gasteiger partial charge in [0.2, 0.25) is 0 Å². The van der Waals surface area contributed by atoms with Gasteiger partial charge >= 0.3 is 0 Å². The fraction of sp³-hybridized carbons (Fsp3) is 0.455. The third-order valence-electron chi connectivity index (χ3n) is 2.28. The Hall–Kier alpha value is -0.180. The first-order valence-electron chi connectivity index (χ1n) is 4.72.